The molecule has 2 atom stereocenters. The maximum absolute atomic E-state index is 13.7. The molecule has 9 heteroatoms. The molecule has 5 rings (SSSR count). The number of fused-ring (bicyclic) bond motifs is 1. The van der Waals surface area contributed by atoms with Crippen LogP contribution in [-0.2, 0) is 9.59 Å². The molecule has 0 N–H and O–H groups in total. The molecule has 216 valence electrons. The first-order chi connectivity index (χ1) is 19.7. The lowest BCUT2D eigenvalue weighted by Crippen LogP contribution is -2.44. The summed E-state index contributed by atoms with van der Waals surface area (Å²) in [5.41, 5.74) is 2.71. The number of hydrogen-bond donors (Lipinski definition) is 0. The summed E-state index contributed by atoms with van der Waals surface area (Å²) >= 11 is 6.45. The van der Waals surface area contributed by atoms with E-state index < -0.39 is 0 Å². The number of piperidine rings is 1. The van der Waals surface area contributed by atoms with Gasteiger partial charge in [-0.2, -0.15) is 5.26 Å². The van der Waals surface area contributed by atoms with Gasteiger partial charge in [0.15, 0.2) is 0 Å². The Morgan fingerprint density at radius 3 is 2.32 bits per heavy atom. The Hall–Kier alpha value is -3.41. The fraction of sp³-hybridized carbons (Fsp3) is 0.500. The van der Waals surface area contributed by atoms with E-state index in [1.807, 2.05) is 39.8 Å². The summed E-state index contributed by atoms with van der Waals surface area (Å²) in [5.74, 6) is 0.863. The lowest BCUT2D eigenvalue weighted by Gasteiger charge is -2.34. The third kappa shape index (κ3) is 6.42. The van der Waals surface area contributed by atoms with Gasteiger partial charge in [0.1, 0.15) is 0 Å². The number of nitrogens with zero attached hydrogens (tertiary/aromatic N) is 5. The highest BCUT2D eigenvalue weighted by atomic mass is 35.5. The van der Waals surface area contributed by atoms with Crippen LogP contribution >= 0.6 is 11.6 Å². The number of aryl methyl sites for hydroxylation is 1. The third-order valence-electron chi connectivity index (χ3n) is 9.01. The van der Waals surface area contributed by atoms with Crippen molar-refractivity contribution in [1.29, 1.82) is 5.26 Å². The number of anilines is 1. The van der Waals surface area contributed by atoms with Crippen LogP contribution in [0.5, 0.6) is 0 Å². The van der Waals surface area contributed by atoms with Gasteiger partial charge in [-0.25, -0.2) is 0 Å². The number of likely N-dealkylation sites (tertiary alicyclic amines) is 3. The Morgan fingerprint density at radius 1 is 1.00 bits per heavy atom. The highest BCUT2D eigenvalue weighted by Gasteiger charge is 2.42. The first-order valence-electron chi connectivity index (χ1n) is 14.6. The van der Waals surface area contributed by atoms with Gasteiger partial charge in [0.25, 0.3) is 5.91 Å². The molecule has 0 aromatic heterocycles. The second kappa shape index (κ2) is 12.6. The van der Waals surface area contributed by atoms with Gasteiger partial charge in [0, 0.05) is 69.4 Å². The van der Waals surface area contributed by atoms with E-state index in [1.54, 1.807) is 31.2 Å². The van der Waals surface area contributed by atoms with Crippen LogP contribution in [0.15, 0.2) is 42.5 Å². The van der Waals surface area contributed by atoms with Crippen molar-refractivity contribution in [2.24, 2.45) is 17.8 Å². The fourth-order valence-corrected chi connectivity index (χ4v) is 6.78. The van der Waals surface area contributed by atoms with Gasteiger partial charge < -0.3 is 19.6 Å². The summed E-state index contributed by atoms with van der Waals surface area (Å²) in [7, 11) is 0. The third-order valence-corrected chi connectivity index (χ3v) is 9.41. The number of hydrogen-bond acceptors (Lipinski definition) is 5. The van der Waals surface area contributed by atoms with Crippen molar-refractivity contribution in [3.05, 3.63) is 64.2 Å². The second-order valence-corrected chi connectivity index (χ2v) is 12.1. The van der Waals surface area contributed by atoms with E-state index in [1.165, 1.54) is 0 Å². The summed E-state index contributed by atoms with van der Waals surface area (Å²) in [4.78, 5) is 46.7. The molecule has 2 unspecified atom stereocenters. The van der Waals surface area contributed by atoms with E-state index in [4.69, 9.17) is 11.6 Å². The molecule has 3 amide bonds. The zero-order valence-corrected chi connectivity index (χ0v) is 24.6. The fourth-order valence-electron chi connectivity index (χ4n) is 6.61. The van der Waals surface area contributed by atoms with Gasteiger partial charge in [-0.1, -0.05) is 29.8 Å². The van der Waals surface area contributed by atoms with Crippen LogP contribution in [0, 0.1) is 36.0 Å². The van der Waals surface area contributed by atoms with Crippen LogP contribution in [0.4, 0.5) is 5.69 Å². The Morgan fingerprint density at radius 2 is 1.68 bits per heavy atom. The van der Waals surface area contributed by atoms with E-state index in [0.717, 1.165) is 37.3 Å². The molecule has 0 aliphatic carbocycles. The number of halogens is 1. The maximum Gasteiger partial charge on any atom is 0.255 e. The normalized spacial score (nSPS) is 21.0. The van der Waals surface area contributed by atoms with Crippen LogP contribution in [0.3, 0.4) is 0 Å². The first-order valence-corrected chi connectivity index (χ1v) is 15.0. The predicted molar refractivity (Wildman–Crippen MR) is 159 cm³/mol. The molecule has 0 radical (unpaired) electrons. The molecule has 0 spiro atoms. The minimum Gasteiger partial charge on any atom is -0.343 e. The molecule has 3 saturated heterocycles. The predicted octanol–water partition coefficient (Wildman–Crippen LogP) is 4.21. The minimum atomic E-state index is -0.105. The van der Waals surface area contributed by atoms with Crippen LogP contribution in [0.25, 0.3) is 0 Å². The number of nitriles is 1. The second-order valence-electron chi connectivity index (χ2n) is 11.7. The molecule has 2 aromatic carbocycles. The number of carbonyl (C=O) groups is 3. The van der Waals surface area contributed by atoms with Crippen molar-refractivity contribution in [3.8, 4) is 6.07 Å². The van der Waals surface area contributed by atoms with E-state index in [-0.39, 0.29) is 23.6 Å². The highest BCUT2D eigenvalue weighted by molar-refractivity contribution is 6.31. The summed E-state index contributed by atoms with van der Waals surface area (Å²) in [6, 6.07) is 15.0. The zero-order chi connectivity index (χ0) is 29.1. The Balaban J connectivity index is 1.17. The van der Waals surface area contributed by atoms with E-state index >= 15 is 0 Å². The van der Waals surface area contributed by atoms with Crippen molar-refractivity contribution in [3.63, 3.8) is 0 Å². The molecule has 3 heterocycles. The van der Waals surface area contributed by atoms with Crippen molar-refractivity contribution >= 4 is 35.0 Å². The minimum absolute atomic E-state index is 0.0526. The lowest BCUT2D eigenvalue weighted by molar-refractivity contribution is -0.133. The Labute approximate surface area is 247 Å². The van der Waals surface area contributed by atoms with Gasteiger partial charge in [-0.3, -0.25) is 14.4 Å². The lowest BCUT2D eigenvalue weighted by atomic mass is 9.94. The van der Waals surface area contributed by atoms with Crippen molar-refractivity contribution in [2.75, 3.05) is 57.3 Å². The molecular weight excluding hydrogens is 538 g/mol. The van der Waals surface area contributed by atoms with Gasteiger partial charge in [-0.05, 0) is 74.4 Å². The van der Waals surface area contributed by atoms with Gasteiger partial charge >= 0.3 is 0 Å². The Bertz CT molecular complexity index is 1340. The molecule has 41 heavy (non-hydrogen) atoms. The van der Waals surface area contributed by atoms with Crippen molar-refractivity contribution < 1.29 is 14.4 Å². The largest absolute Gasteiger partial charge is 0.343 e. The molecular formula is C32H38ClN5O3. The van der Waals surface area contributed by atoms with Gasteiger partial charge in [0.05, 0.1) is 17.2 Å². The number of amides is 3. The summed E-state index contributed by atoms with van der Waals surface area (Å²) < 4.78 is 0. The summed E-state index contributed by atoms with van der Waals surface area (Å²) in [6.45, 7) is 9.55. The first kappa shape index (κ1) is 29.1. The van der Waals surface area contributed by atoms with E-state index in [9.17, 15) is 19.6 Å². The average molecular weight is 576 g/mol. The smallest absolute Gasteiger partial charge is 0.255 e. The maximum atomic E-state index is 13.7. The van der Waals surface area contributed by atoms with Crippen molar-refractivity contribution in [2.45, 2.75) is 33.1 Å². The molecule has 3 aliphatic heterocycles. The topological polar surface area (TPSA) is 88.0 Å². The van der Waals surface area contributed by atoms with Crippen LogP contribution in [0.2, 0.25) is 5.02 Å². The molecule has 3 aliphatic rings. The Kier molecular flexibility index (Phi) is 8.96. The van der Waals surface area contributed by atoms with E-state index in [0.29, 0.717) is 73.6 Å². The summed E-state index contributed by atoms with van der Waals surface area (Å²) in [5, 5.41) is 10.0. The van der Waals surface area contributed by atoms with Gasteiger partial charge in [-0.15, -0.1) is 0 Å². The molecule has 8 nitrogen and oxygen atoms in total. The van der Waals surface area contributed by atoms with Crippen molar-refractivity contribution in [1.82, 2.24) is 14.7 Å². The molecule has 0 bridgehead atoms. The average Bonchev–Trinajstić information content (AvgIpc) is 3.55. The SMILES string of the molecule is CC(=O)N1CCC(C(=O)N(CCCN2CC3CN(C(=O)c4ccccc4C#N)CC3C2)c2ccc(C)c(Cl)c2)CC1. The quantitative estimate of drug-likeness (QED) is 0.494. The van der Waals surface area contributed by atoms with Crippen LogP contribution < -0.4 is 4.90 Å². The number of carbonyl (C=O) groups excluding carboxylic acids is 3. The van der Waals surface area contributed by atoms with Crippen LogP contribution in [0.1, 0.15) is 47.7 Å². The molecule has 0 saturated carbocycles. The molecule has 3 fully saturated rings. The number of rotatable bonds is 7. The monoisotopic (exact) mass is 575 g/mol. The number of benzene rings is 2. The van der Waals surface area contributed by atoms with Gasteiger partial charge in [0.2, 0.25) is 11.8 Å². The highest BCUT2D eigenvalue weighted by Crippen LogP contribution is 2.33. The zero-order valence-electron chi connectivity index (χ0n) is 23.9. The van der Waals surface area contributed by atoms with Crippen LogP contribution in [-0.4, -0.2) is 84.8 Å². The summed E-state index contributed by atoms with van der Waals surface area (Å²) in [6.07, 6.45) is 2.19. The molecule has 2 aromatic rings. The standard InChI is InChI=1S/C32H38ClN5O3/c1-22-8-9-28(16-30(22)33)38(31(40)24-10-14-36(15-11-24)23(2)39)13-5-12-35-18-26-20-37(21-27(26)19-35)32(41)29-7-4-3-6-25(29)17-34/h3-4,6-9,16,24,26-27H,5,10-15,18-21H2,1-2H3. The van der Waals surface area contributed by atoms with E-state index in [2.05, 4.69) is 11.0 Å².